The number of hydrogen-bond acceptors (Lipinski definition) is 0. The molecule has 158 valence electrons. The Hall–Kier alpha value is -2.67. The Morgan fingerprint density at radius 1 is 0.839 bits per heavy atom. The van der Waals surface area contributed by atoms with Gasteiger partial charge in [-0.1, -0.05) is 57.5 Å². The first-order chi connectivity index (χ1) is 15.2. The van der Waals surface area contributed by atoms with Gasteiger partial charge >= 0.3 is 0 Å². The number of pyridine rings is 1. The summed E-state index contributed by atoms with van der Waals surface area (Å²) in [5.41, 5.74) is 6.10. The van der Waals surface area contributed by atoms with Crippen LogP contribution in [0.15, 0.2) is 66.9 Å². The first-order valence-electron chi connectivity index (χ1n) is 12.2. The average molecular weight is 409 g/mol. The molecule has 3 aromatic carbocycles. The van der Waals surface area contributed by atoms with Gasteiger partial charge in [-0.3, -0.25) is 0 Å². The molecule has 1 aliphatic heterocycles. The highest BCUT2D eigenvalue weighted by molar-refractivity contribution is 6.06. The molecule has 0 radical (unpaired) electrons. The maximum atomic E-state index is 2.48. The summed E-state index contributed by atoms with van der Waals surface area (Å²) in [5, 5.41) is 5.58. The molecule has 0 amide bonds. The van der Waals surface area contributed by atoms with Crippen LogP contribution in [0, 0.1) is 0 Å². The third-order valence-electron chi connectivity index (χ3n) is 7.86. The molecule has 0 atom stereocenters. The molecule has 0 saturated carbocycles. The Bertz CT molecular complexity index is 1250. The Balaban J connectivity index is 1.85. The van der Waals surface area contributed by atoms with Gasteiger partial charge in [-0.15, -0.1) is 0 Å². The number of hydrogen-bond donors (Lipinski definition) is 0. The molecular weight excluding hydrogens is 374 g/mol. The van der Waals surface area contributed by atoms with Gasteiger partial charge in [0.25, 0.3) is 0 Å². The van der Waals surface area contributed by atoms with Crippen LogP contribution in [0.25, 0.3) is 32.8 Å². The molecule has 0 unspecified atom stereocenters. The molecule has 4 aromatic rings. The zero-order chi connectivity index (χ0) is 21.4. The summed E-state index contributed by atoms with van der Waals surface area (Å²) in [4.78, 5) is 0. The topological polar surface area (TPSA) is 3.88 Å². The number of fused-ring (bicyclic) bond motifs is 6. The van der Waals surface area contributed by atoms with E-state index < -0.39 is 0 Å². The predicted octanol–water partition coefficient (Wildman–Crippen LogP) is 7.75. The molecule has 0 fully saturated rings. The van der Waals surface area contributed by atoms with E-state index in [9.17, 15) is 0 Å². The first kappa shape index (κ1) is 20.2. The van der Waals surface area contributed by atoms with Crippen LogP contribution in [0.3, 0.4) is 0 Å². The van der Waals surface area contributed by atoms with Gasteiger partial charge in [0, 0.05) is 24.0 Å². The summed E-state index contributed by atoms with van der Waals surface area (Å²) in [5.74, 6) is 0. The molecule has 0 spiro atoms. The minimum atomic E-state index is 0.244. The SMILES string of the molecule is CCCCc1cccc2cc3c4c(ccc3cc12)C(CC)(CC)CC[n+]1ccccc1-4. The third kappa shape index (κ3) is 3.26. The van der Waals surface area contributed by atoms with Crippen molar-refractivity contribution in [3.05, 3.63) is 78.0 Å². The monoisotopic (exact) mass is 408 g/mol. The van der Waals surface area contributed by atoms with Crippen molar-refractivity contribution in [1.29, 1.82) is 0 Å². The highest BCUT2D eigenvalue weighted by Gasteiger charge is 2.37. The lowest BCUT2D eigenvalue weighted by atomic mass is 9.71. The molecule has 0 N–H and O–H groups in total. The van der Waals surface area contributed by atoms with Crippen LogP contribution >= 0.6 is 0 Å². The second kappa shape index (κ2) is 8.11. The smallest absolute Gasteiger partial charge is 0.198 e. The van der Waals surface area contributed by atoms with Crippen molar-refractivity contribution in [3.63, 3.8) is 0 Å². The van der Waals surface area contributed by atoms with Crippen molar-refractivity contribution in [1.82, 2.24) is 0 Å². The zero-order valence-corrected chi connectivity index (χ0v) is 19.2. The number of nitrogens with zero attached hydrogens (tertiary/aromatic N) is 1. The molecule has 0 aliphatic carbocycles. The van der Waals surface area contributed by atoms with E-state index in [0.29, 0.717) is 0 Å². The molecular formula is C30H34N+. The van der Waals surface area contributed by atoms with Crippen molar-refractivity contribution in [2.24, 2.45) is 0 Å². The minimum absolute atomic E-state index is 0.244. The van der Waals surface area contributed by atoms with Crippen LogP contribution in [0.5, 0.6) is 0 Å². The predicted molar refractivity (Wildman–Crippen MR) is 133 cm³/mol. The number of aryl methyl sites for hydroxylation is 2. The number of aromatic nitrogens is 1. The normalized spacial score (nSPS) is 14.9. The maximum Gasteiger partial charge on any atom is 0.213 e. The Morgan fingerprint density at radius 2 is 1.65 bits per heavy atom. The number of rotatable bonds is 5. The van der Waals surface area contributed by atoms with Crippen LogP contribution in [0.4, 0.5) is 0 Å². The van der Waals surface area contributed by atoms with E-state index in [2.05, 4.69) is 92.2 Å². The fraction of sp³-hybridized carbons (Fsp3) is 0.367. The highest BCUT2D eigenvalue weighted by atomic mass is 15.0. The molecule has 5 rings (SSSR count). The molecule has 0 bridgehead atoms. The largest absolute Gasteiger partial charge is 0.213 e. The van der Waals surface area contributed by atoms with Crippen LogP contribution < -0.4 is 4.57 Å². The second-order valence-corrected chi connectivity index (χ2v) is 9.32. The van der Waals surface area contributed by atoms with E-state index in [1.807, 2.05) is 0 Å². The van der Waals surface area contributed by atoms with Gasteiger partial charge in [0.05, 0.1) is 5.56 Å². The van der Waals surface area contributed by atoms with E-state index in [1.54, 1.807) is 5.56 Å². The van der Waals surface area contributed by atoms with Crippen molar-refractivity contribution in [2.45, 2.75) is 71.3 Å². The van der Waals surface area contributed by atoms with Crippen molar-refractivity contribution in [3.8, 4) is 11.3 Å². The minimum Gasteiger partial charge on any atom is -0.198 e. The Labute approximate surface area is 186 Å². The highest BCUT2D eigenvalue weighted by Crippen LogP contribution is 2.45. The number of benzene rings is 3. The standard InChI is InChI=1S/C30H34N/c1-4-7-11-22-12-10-13-23-21-26-24(20-25(22)23)15-16-27-29(26)28-14-8-9-18-31(28)19-17-30(27,5-2)6-3/h8-10,12-16,18,20-21H,4-7,11,17,19H2,1-3H3/q+1. The van der Waals surface area contributed by atoms with Crippen LogP contribution in [0.2, 0.25) is 0 Å². The third-order valence-corrected chi connectivity index (χ3v) is 7.86. The van der Waals surface area contributed by atoms with E-state index in [-0.39, 0.29) is 5.41 Å². The van der Waals surface area contributed by atoms with Crippen molar-refractivity contribution >= 4 is 21.5 Å². The lowest BCUT2D eigenvalue weighted by Gasteiger charge is -2.31. The van der Waals surface area contributed by atoms with Crippen LogP contribution in [-0.2, 0) is 18.4 Å². The van der Waals surface area contributed by atoms with E-state index in [1.165, 1.54) is 70.5 Å². The van der Waals surface area contributed by atoms with Gasteiger partial charge in [-0.25, -0.2) is 0 Å². The Morgan fingerprint density at radius 3 is 2.45 bits per heavy atom. The van der Waals surface area contributed by atoms with E-state index in [0.717, 1.165) is 13.0 Å². The van der Waals surface area contributed by atoms with Gasteiger partial charge in [-0.05, 0) is 76.6 Å². The zero-order valence-electron chi connectivity index (χ0n) is 19.2. The fourth-order valence-corrected chi connectivity index (χ4v) is 5.82. The van der Waals surface area contributed by atoms with E-state index >= 15 is 0 Å². The summed E-state index contributed by atoms with van der Waals surface area (Å²) < 4.78 is 2.48. The molecule has 1 aliphatic rings. The van der Waals surface area contributed by atoms with Gasteiger partial charge in [0.2, 0.25) is 5.69 Å². The molecule has 1 aromatic heterocycles. The van der Waals surface area contributed by atoms with Gasteiger partial charge in [0.15, 0.2) is 6.20 Å². The summed E-state index contributed by atoms with van der Waals surface area (Å²) in [6.45, 7) is 8.11. The van der Waals surface area contributed by atoms with Gasteiger partial charge < -0.3 is 0 Å². The number of unbranched alkanes of at least 4 members (excludes halogenated alkanes) is 1. The van der Waals surface area contributed by atoms with Gasteiger partial charge in [-0.2, -0.15) is 4.57 Å². The summed E-state index contributed by atoms with van der Waals surface area (Å²) in [7, 11) is 0. The van der Waals surface area contributed by atoms with Crippen LogP contribution in [-0.4, -0.2) is 0 Å². The van der Waals surface area contributed by atoms with Gasteiger partial charge in [0.1, 0.15) is 6.54 Å². The average Bonchev–Trinajstić information content (AvgIpc) is 2.96. The fourth-order valence-electron chi connectivity index (χ4n) is 5.82. The second-order valence-electron chi connectivity index (χ2n) is 9.32. The van der Waals surface area contributed by atoms with E-state index in [4.69, 9.17) is 0 Å². The summed E-state index contributed by atoms with van der Waals surface area (Å²) in [6, 6.07) is 23.3. The molecule has 1 nitrogen and oxygen atoms in total. The molecule has 31 heavy (non-hydrogen) atoms. The molecule has 0 saturated heterocycles. The molecule has 1 heteroatoms. The van der Waals surface area contributed by atoms with Crippen LogP contribution in [0.1, 0.15) is 64.0 Å². The first-order valence-corrected chi connectivity index (χ1v) is 12.2. The lowest BCUT2D eigenvalue weighted by Crippen LogP contribution is -2.36. The summed E-state index contributed by atoms with van der Waals surface area (Å²) in [6.07, 6.45) is 9.50. The quantitative estimate of drug-likeness (QED) is 0.235. The lowest BCUT2D eigenvalue weighted by molar-refractivity contribution is -0.686. The summed E-state index contributed by atoms with van der Waals surface area (Å²) >= 11 is 0. The molecule has 2 heterocycles. The van der Waals surface area contributed by atoms with Crippen molar-refractivity contribution < 1.29 is 4.57 Å². The Kier molecular flexibility index (Phi) is 5.30. The van der Waals surface area contributed by atoms with Crippen molar-refractivity contribution in [2.75, 3.05) is 0 Å². The maximum absolute atomic E-state index is 2.48.